The summed E-state index contributed by atoms with van der Waals surface area (Å²) >= 11 is 0. The number of aliphatic hydroxyl groups is 1. The van der Waals surface area contributed by atoms with Gasteiger partial charge in [0, 0.05) is 13.0 Å². The minimum absolute atomic E-state index is 0.0746. The van der Waals surface area contributed by atoms with Gasteiger partial charge in [-0.05, 0) is 56.7 Å². The van der Waals surface area contributed by atoms with Crippen molar-refractivity contribution in [2.45, 2.75) is 104 Å². The first-order valence-corrected chi connectivity index (χ1v) is 12.7. The summed E-state index contributed by atoms with van der Waals surface area (Å²) in [5.41, 5.74) is -0.707. The molecule has 1 aliphatic rings. The quantitative estimate of drug-likeness (QED) is 0.526. The van der Waals surface area contributed by atoms with Crippen molar-refractivity contribution in [1.82, 2.24) is 10.2 Å². The number of aliphatic hydroxyl groups excluding tert-OH is 1. The van der Waals surface area contributed by atoms with Gasteiger partial charge in [-0.25, -0.2) is 13.6 Å². The first kappa shape index (κ1) is 30.9. The van der Waals surface area contributed by atoms with Gasteiger partial charge in [0.2, 0.25) is 5.91 Å². The molecule has 5 unspecified atom stereocenters. The minimum Gasteiger partial charge on any atom is -0.444 e. The molecule has 1 fully saturated rings. The molecule has 1 heterocycles. The van der Waals surface area contributed by atoms with Crippen LogP contribution in [0.15, 0.2) is 18.2 Å². The maximum Gasteiger partial charge on any atom is 0.411 e. The molecule has 1 aromatic rings. The molecule has 0 spiro atoms. The number of nitrogens with one attached hydrogen (secondary N) is 1. The summed E-state index contributed by atoms with van der Waals surface area (Å²) in [6.07, 6.45) is -2.39. The number of amides is 2. The van der Waals surface area contributed by atoms with Crippen molar-refractivity contribution in [1.29, 1.82) is 0 Å². The average Bonchev–Trinajstić information content (AvgIpc) is 2.73. The van der Waals surface area contributed by atoms with Gasteiger partial charge in [0.15, 0.2) is 6.29 Å². The first-order valence-electron chi connectivity index (χ1n) is 12.7. The summed E-state index contributed by atoms with van der Waals surface area (Å²) < 4.78 is 45.4. The van der Waals surface area contributed by atoms with Gasteiger partial charge in [-0.2, -0.15) is 0 Å². The van der Waals surface area contributed by atoms with Crippen LogP contribution >= 0.6 is 0 Å². The Morgan fingerprint density at radius 1 is 1.16 bits per heavy atom. The van der Waals surface area contributed by atoms with E-state index in [0.717, 1.165) is 18.2 Å². The number of halogens is 2. The molecule has 10 heteroatoms. The Labute approximate surface area is 218 Å². The normalized spacial score (nSPS) is 22.4. The third-order valence-corrected chi connectivity index (χ3v) is 5.74. The number of morpholine rings is 1. The van der Waals surface area contributed by atoms with Crippen LogP contribution in [0.25, 0.3) is 0 Å². The standard InChI is InChI=1S/C27H42F2N2O6/c1-9-21-24(36-15-26(3,4)5)35-14-22(31(21)25(34)37-27(6,7)8)23(33)20(30-16(2)32)12-17-10-18(28)13-19(29)11-17/h10-11,13,20-24,33H,9,12,14-15H2,1-8H3,(H,30,32). The van der Waals surface area contributed by atoms with E-state index in [1.807, 2.05) is 27.7 Å². The smallest absolute Gasteiger partial charge is 0.411 e. The van der Waals surface area contributed by atoms with Gasteiger partial charge < -0.3 is 24.6 Å². The SMILES string of the molecule is CCC1C(OCC(C)(C)C)OCC(C(O)C(Cc2cc(F)cc(F)c2)NC(C)=O)N1C(=O)OC(C)(C)C. The second kappa shape index (κ2) is 12.5. The maximum absolute atomic E-state index is 13.8. The van der Waals surface area contributed by atoms with E-state index in [9.17, 15) is 23.5 Å². The highest BCUT2D eigenvalue weighted by molar-refractivity contribution is 5.73. The molecule has 2 N–H and O–H groups in total. The molecule has 0 radical (unpaired) electrons. The maximum atomic E-state index is 13.8. The van der Waals surface area contributed by atoms with E-state index in [1.165, 1.54) is 11.8 Å². The molecule has 0 bridgehead atoms. The Bertz CT molecular complexity index is 910. The van der Waals surface area contributed by atoms with Crippen molar-refractivity contribution >= 4 is 12.0 Å². The van der Waals surface area contributed by atoms with Crippen LogP contribution in [-0.2, 0) is 25.4 Å². The van der Waals surface area contributed by atoms with Crippen LogP contribution in [0.1, 0.15) is 67.4 Å². The van der Waals surface area contributed by atoms with Gasteiger partial charge in [0.25, 0.3) is 0 Å². The number of carbonyl (C=O) groups excluding carboxylic acids is 2. The molecule has 1 saturated heterocycles. The minimum atomic E-state index is -1.35. The Morgan fingerprint density at radius 2 is 1.76 bits per heavy atom. The monoisotopic (exact) mass is 528 g/mol. The molecule has 8 nitrogen and oxygen atoms in total. The number of hydrogen-bond donors (Lipinski definition) is 2. The van der Waals surface area contributed by atoms with Crippen LogP contribution in [0.4, 0.5) is 13.6 Å². The summed E-state index contributed by atoms with van der Waals surface area (Å²) in [5.74, 6) is -1.99. The second-order valence-corrected chi connectivity index (χ2v) is 11.8. The van der Waals surface area contributed by atoms with Gasteiger partial charge in [-0.3, -0.25) is 9.69 Å². The Kier molecular flexibility index (Phi) is 10.4. The lowest BCUT2D eigenvalue weighted by atomic mass is 9.93. The number of carbonyl (C=O) groups is 2. The number of hydrogen-bond acceptors (Lipinski definition) is 6. The fraction of sp³-hybridized carbons (Fsp3) is 0.704. The fourth-order valence-corrected chi connectivity index (χ4v) is 4.26. The summed E-state index contributed by atoms with van der Waals surface area (Å²) in [6.45, 7) is 14.7. The summed E-state index contributed by atoms with van der Waals surface area (Å²) in [4.78, 5) is 26.8. The van der Waals surface area contributed by atoms with Crippen LogP contribution in [0.2, 0.25) is 0 Å². The largest absolute Gasteiger partial charge is 0.444 e. The van der Waals surface area contributed by atoms with Crippen LogP contribution < -0.4 is 5.32 Å². The summed E-state index contributed by atoms with van der Waals surface area (Å²) in [7, 11) is 0. The van der Waals surface area contributed by atoms with Crippen molar-refractivity contribution in [2.24, 2.45) is 5.41 Å². The van der Waals surface area contributed by atoms with Crippen molar-refractivity contribution in [3.8, 4) is 0 Å². The highest BCUT2D eigenvalue weighted by atomic mass is 19.1. The molecule has 0 saturated carbocycles. The summed E-state index contributed by atoms with van der Waals surface area (Å²) in [6, 6.07) is 0.537. The second-order valence-electron chi connectivity index (χ2n) is 11.8. The van der Waals surface area contributed by atoms with E-state index in [1.54, 1.807) is 20.8 Å². The number of ether oxygens (including phenoxy) is 3. The van der Waals surface area contributed by atoms with Crippen LogP contribution in [0, 0.1) is 17.0 Å². The molecule has 5 atom stereocenters. The van der Waals surface area contributed by atoms with Crippen molar-refractivity contribution in [3.05, 3.63) is 35.4 Å². The molecule has 2 rings (SSSR count). The average molecular weight is 529 g/mol. The zero-order valence-corrected chi connectivity index (χ0v) is 23.1. The van der Waals surface area contributed by atoms with Gasteiger partial charge in [0.05, 0.1) is 37.4 Å². The predicted octanol–water partition coefficient (Wildman–Crippen LogP) is 4.18. The molecular formula is C27H42F2N2O6. The number of nitrogens with zero attached hydrogens (tertiary/aromatic N) is 1. The first-order chi connectivity index (χ1) is 17.0. The van der Waals surface area contributed by atoms with E-state index in [0.29, 0.717) is 13.0 Å². The molecule has 0 aliphatic carbocycles. The topological polar surface area (TPSA) is 97.3 Å². The van der Waals surface area contributed by atoms with Crippen LogP contribution in [-0.4, -0.2) is 71.3 Å². The highest BCUT2D eigenvalue weighted by Crippen LogP contribution is 2.30. The van der Waals surface area contributed by atoms with Crippen molar-refractivity contribution < 1.29 is 37.7 Å². The van der Waals surface area contributed by atoms with E-state index >= 15 is 0 Å². The van der Waals surface area contributed by atoms with Gasteiger partial charge in [-0.15, -0.1) is 0 Å². The third-order valence-electron chi connectivity index (χ3n) is 5.74. The third kappa shape index (κ3) is 9.50. The van der Waals surface area contributed by atoms with Crippen LogP contribution in [0.5, 0.6) is 0 Å². The molecule has 2 amide bonds. The zero-order chi connectivity index (χ0) is 28.1. The molecule has 37 heavy (non-hydrogen) atoms. The zero-order valence-electron chi connectivity index (χ0n) is 23.1. The van der Waals surface area contributed by atoms with Crippen molar-refractivity contribution in [2.75, 3.05) is 13.2 Å². The Hall–Kier alpha value is -2.30. The fourth-order valence-electron chi connectivity index (χ4n) is 4.26. The van der Waals surface area contributed by atoms with Gasteiger partial charge in [-0.1, -0.05) is 27.7 Å². The molecular weight excluding hydrogens is 486 g/mol. The van der Waals surface area contributed by atoms with Gasteiger partial charge in [0.1, 0.15) is 17.2 Å². The van der Waals surface area contributed by atoms with E-state index in [4.69, 9.17) is 14.2 Å². The lowest BCUT2D eigenvalue weighted by Gasteiger charge is -2.48. The molecule has 210 valence electrons. The lowest BCUT2D eigenvalue weighted by molar-refractivity contribution is -0.237. The predicted molar refractivity (Wildman–Crippen MR) is 135 cm³/mol. The highest BCUT2D eigenvalue weighted by Gasteiger charge is 2.47. The van der Waals surface area contributed by atoms with Gasteiger partial charge >= 0.3 is 6.09 Å². The van der Waals surface area contributed by atoms with E-state index in [2.05, 4.69) is 5.32 Å². The summed E-state index contributed by atoms with van der Waals surface area (Å²) in [5, 5.41) is 14.1. The lowest BCUT2D eigenvalue weighted by Crippen LogP contribution is -2.66. The van der Waals surface area contributed by atoms with E-state index in [-0.39, 0.29) is 24.0 Å². The van der Waals surface area contributed by atoms with Crippen molar-refractivity contribution in [3.63, 3.8) is 0 Å². The van der Waals surface area contributed by atoms with Crippen LogP contribution in [0.3, 0.4) is 0 Å². The molecule has 0 aromatic heterocycles. The number of rotatable bonds is 8. The molecule has 1 aromatic carbocycles. The molecule has 1 aliphatic heterocycles. The Balaban J connectivity index is 2.41. The number of benzene rings is 1. The van der Waals surface area contributed by atoms with E-state index < -0.39 is 59.8 Å². The Morgan fingerprint density at radius 3 is 2.24 bits per heavy atom.